The van der Waals surface area contributed by atoms with Crippen molar-refractivity contribution in [3.8, 4) is 0 Å². The van der Waals surface area contributed by atoms with Crippen LogP contribution in [0.3, 0.4) is 0 Å². The number of rotatable bonds is 12. The first-order valence-electron chi connectivity index (χ1n) is 13.3. The van der Waals surface area contributed by atoms with Crippen LogP contribution in [-0.2, 0) is 16.0 Å². The van der Waals surface area contributed by atoms with Gasteiger partial charge in [0.1, 0.15) is 11.6 Å². The molecule has 0 saturated carbocycles. The van der Waals surface area contributed by atoms with Gasteiger partial charge in [-0.25, -0.2) is 0 Å². The molecule has 0 bridgehead atoms. The number of nitrogens with one attached hydrogen (secondary N) is 2. The fourth-order valence-electron chi connectivity index (χ4n) is 5.57. The van der Waals surface area contributed by atoms with Gasteiger partial charge in [-0.05, 0) is 56.6 Å². The third-order valence-corrected chi connectivity index (χ3v) is 7.52. The van der Waals surface area contributed by atoms with Crippen molar-refractivity contribution in [2.24, 2.45) is 11.8 Å². The van der Waals surface area contributed by atoms with Gasteiger partial charge < -0.3 is 15.5 Å². The first-order valence-corrected chi connectivity index (χ1v) is 13.3. The number of piperidine rings is 1. The molecule has 1 aromatic carbocycles. The summed E-state index contributed by atoms with van der Waals surface area (Å²) < 4.78 is 0. The largest absolute Gasteiger partial charge is 0.342 e. The third kappa shape index (κ3) is 7.05. The molecule has 1 aromatic rings. The van der Waals surface area contributed by atoms with E-state index >= 15 is 0 Å². The van der Waals surface area contributed by atoms with Crippen LogP contribution in [0.4, 0.5) is 0 Å². The molecule has 5 heteroatoms. The standard InChI is InChI=1S/C28H45N3O2/c1-4-5-16-24-21-31(18-12-7-6-9-13-23-14-10-8-11-15-23)19-17-28(24)27(33)29-25(20-22(2)3)26(32)30-28/h8,10-11,14-15,22,24-25H,4-7,9,12-13,16-21H2,1-3H3,(H,29,33)(H,30,32). The number of hydrogen-bond acceptors (Lipinski definition) is 3. The molecule has 2 fully saturated rings. The van der Waals surface area contributed by atoms with E-state index in [0.717, 1.165) is 45.3 Å². The summed E-state index contributed by atoms with van der Waals surface area (Å²) in [5, 5.41) is 6.33. The Bertz CT molecular complexity index is 751. The number of hydrogen-bond donors (Lipinski definition) is 2. The van der Waals surface area contributed by atoms with Gasteiger partial charge in [-0.2, -0.15) is 0 Å². The molecule has 0 radical (unpaired) electrons. The van der Waals surface area contributed by atoms with E-state index in [1.807, 2.05) is 0 Å². The molecule has 3 atom stereocenters. The van der Waals surface area contributed by atoms with E-state index in [9.17, 15) is 9.59 Å². The van der Waals surface area contributed by atoms with Crippen LogP contribution in [-0.4, -0.2) is 47.9 Å². The summed E-state index contributed by atoms with van der Waals surface area (Å²) in [7, 11) is 0. The van der Waals surface area contributed by atoms with Crippen molar-refractivity contribution in [3.63, 3.8) is 0 Å². The number of nitrogens with zero attached hydrogens (tertiary/aromatic N) is 1. The maximum absolute atomic E-state index is 13.3. The second-order valence-electron chi connectivity index (χ2n) is 10.7. The molecule has 2 heterocycles. The molecular weight excluding hydrogens is 410 g/mol. The smallest absolute Gasteiger partial charge is 0.246 e. The van der Waals surface area contributed by atoms with Crippen molar-refractivity contribution < 1.29 is 9.59 Å². The number of benzene rings is 1. The van der Waals surface area contributed by atoms with E-state index in [1.54, 1.807) is 0 Å². The molecule has 1 spiro atoms. The number of carbonyl (C=O) groups excluding carboxylic acids is 2. The van der Waals surface area contributed by atoms with Crippen LogP contribution >= 0.6 is 0 Å². The first kappa shape index (κ1) is 25.7. The molecule has 2 amide bonds. The van der Waals surface area contributed by atoms with Crippen molar-refractivity contribution in [2.45, 2.75) is 96.6 Å². The van der Waals surface area contributed by atoms with Crippen LogP contribution in [0.15, 0.2) is 30.3 Å². The van der Waals surface area contributed by atoms with Crippen LogP contribution in [0.2, 0.25) is 0 Å². The summed E-state index contributed by atoms with van der Waals surface area (Å²) in [5.74, 6) is 0.625. The number of piperazine rings is 1. The summed E-state index contributed by atoms with van der Waals surface area (Å²) in [5.41, 5.74) is 0.715. The van der Waals surface area contributed by atoms with Gasteiger partial charge in [0.25, 0.3) is 0 Å². The molecule has 3 unspecified atom stereocenters. The average Bonchev–Trinajstić information content (AvgIpc) is 2.80. The highest BCUT2D eigenvalue weighted by Crippen LogP contribution is 2.34. The van der Waals surface area contributed by atoms with Crippen LogP contribution in [0.1, 0.15) is 84.1 Å². The van der Waals surface area contributed by atoms with Gasteiger partial charge in [-0.3, -0.25) is 9.59 Å². The van der Waals surface area contributed by atoms with Gasteiger partial charge in [0.15, 0.2) is 0 Å². The van der Waals surface area contributed by atoms with Gasteiger partial charge in [0.2, 0.25) is 11.8 Å². The predicted octanol–water partition coefficient (Wildman–Crippen LogP) is 4.70. The Morgan fingerprint density at radius 2 is 1.82 bits per heavy atom. The summed E-state index contributed by atoms with van der Waals surface area (Å²) >= 11 is 0. The Hall–Kier alpha value is -1.88. The van der Waals surface area contributed by atoms with Gasteiger partial charge in [-0.15, -0.1) is 0 Å². The summed E-state index contributed by atoms with van der Waals surface area (Å²) in [4.78, 5) is 28.7. The topological polar surface area (TPSA) is 61.4 Å². The quantitative estimate of drug-likeness (QED) is 0.449. The predicted molar refractivity (Wildman–Crippen MR) is 135 cm³/mol. The summed E-state index contributed by atoms with van der Waals surface area (Å²) in [6, 6.07) is 10.4. The number of carbonyl (C=O) groups is 2. The molecule has 3 rings (SSSR count). The van der Waals surface area contributed by atoms with Gasteiger partial charge in [0, 0.05) is 19.0 Å². The lowest BCUT2D eigenvalue weighted by atomic mass is 9.72. The minimum Gasteiger partial charge on any atom is -0.342 e. The van der Waals surface area contributed by atoms with E-state index in [-0.39, 0.29) is 23.8 Å². The third-order valence-electron chi connectivity index (χ3n) is 7.52. The Kier molecular flexibility index (Phi) is 9.78. The van der Waals surface area contributed by atoms with Crippen molar-refractivity contribution in [3.05, 3.63) is 35.9 Å². The molecule has 184 valence electrons. The summed E-state index contributed by atoms with van der Waals surface area (Å²) in [6.07, 6.45) is 10.8. The second-order valence-corrected chi connectivity index (χ2v) is 10.7. The van der Waals surface area contributed by atoms with Crippen LogP contribution in [0, 0.1) is 11.8 Å². The minimum atomic E-state index is -0.716. The van der Waals surface area contributed by atoms with E-state index in [0.29, 0.717) is 12.3 Å². The lowest BCUT2D eigenvalue weighted by Crippen LogP contribution is -2.75. The highest BCUT2D eigenvalue weighted by atomic mass is 16.2. The maximum atomic E-state index is 13.3. The molecule has 2 aliphatic heterocycles. The Balaban J connectivity index is 1.48. The molecule has 5 nitrogen and oxygen atoms in total. The zero-order chi connectivity index (χ0) is 23.7. The molecule has 2 aliphatic rings. The Morgan fingerprint density at radius 1 is 1.06 bits per heavy atom. The van der Waals surface area contributed by atoms with Gasteiger partial charge >= 0.3 is 0 Å². The van der Waals surface area contributed by atoms with Crippen molar-refractivity contribution >= 4 is 11.8 Å². The van der Waals surface area contributed by atoms with Crippen LogP contribution in [0.25, 0.3) is 0 Å². The van der Waals surface area contributed by atoms with Crippen molar-refractivity contribution in [2.75, 3.05) is 19.6 Å². The second kappa shape index (κ2) is 12.5. The van der Waals surface area contributed by atoms with Crippen molar-refractivity contribution in [1.82, 2.24) is 15.5 Å². The zero-order valence-electron chi connectivity index (χ0n) is 21.1. The fourth-order valence-corrected chi connectivity index (χ4v) is 5.57. The molecule has 33 heavy (non-hydrogen) atoms. The average molecular weight is 456 g/mol. The highest BCUT2D eigenvalue weighted by molar-refractivity contribution is 6.00. The molecule has 2 saturated heterocycles. The van der Waals surface area contributed by atoms with Crippen molar-refractivity contribution in [1.29, 1.82) is 0 Å². The van der Waals surface area contributed by atoms with Crippen LogP contribution < -0.4 is 10.6 Å². The van der Waals surface area contributed by atoms with E-state index < -0.39 is 5.54 Å². The number of amides is 2. The molecular formula is C28H45N3O2. The van der Waals surface area contributed by atoms with Gasteiger partial charge in [0.05, 0.1) is 0 Å². The molecule has 0 aromatic heterocycles. The van der Waals surface area contributed by atoms with E-state index in [4.69, 9.17) is 0 Å². The lowest BCUT2D eigenvalue weighted by Gasteiger charge is -2.50. The maximum Gasteiger partial charge on any atom is 0.246 e. The van der Waals surface area contributed by atoms with E-state index in [2.05, 4.69) is 66.6 Å². The Labute approximate surface area is 201 Å². The number of likely N-dealkylation sites (tertiary alicyclic amines) is 1. The minimum absolute atomic E-state index is 0.0108. The fraction of sp³-hybridized carbons (Fsp3) is 0.714. The van der Waals surface area contributed by atoms with E-state index in [1.165, 1.54) is 37.7 Å². The first-order chi connectivity index (χ1) is 15.9. The summed E-state index contributed by atoms with van der Waals surface area (Å²) in [6.45, 7) is 9.26. The number of aryl methyl sites for hydroxylation is 1. The Morgan fingerprint density at radius 3 is 2.55 bits per heavy atom. The SMILES string of the molecule is CCCCC1CN(CCCCCCc2ccccc2)CCC12NC(=O)C(CC(C)C)NC2=O. The normalized spacial score (nSPS) is 25.9. The number of unbranched alkanes of at least 4 members (excludes halogenated alkanes) is 4. The molecule has 2 N–H and O–H groups in total. The van der Waals surface area contributed by atoms with Gasteiger partial charge in [-0.1, -0.05) is 76.8 Å². The monoisotopic (exact) mass is 455 g/mol. The van der Waals surface area contributed by atoms with Crippen LogP contribution in [0.5, 0.6) is 0 Å². The zero-order valence-corrected chi connectivity index (χ0v) is 21.1. The lowest BCUT2D eigenvalue weighted by molar-refractivity contribution is -0.147. The highest BCUT2D eigenvalue weighted by Gasteiger charge is 2.53. The molecule has 0 aliphatic carbocycles.